The molecule has 4 aromatic rings. The zero-order chi connectivity index (χ0) is 29.5. The smallest absolute Gasteiger partial charge is 0.410 e. The van der Waals surface area contributed by atoms with Crippen molar-refractivity contribution in [2.75, 3.05) is 30.0 Å². The summed E-state index contributed by atoms with van der Waals surface area (Å²) in [7, 11) is -3.74. The largest absolute Gasteiger partial charge is 0.417 e. The first-order valence-corrected chi connectivity index (χ1v) is 16.0. The van der Waals surface area contributed by atoms with Crippen molar-refractivity contribution >= 4 is 38.8 Å². The van der Waals surface area contributed by atoms with E-state index in [1.54, 1.807) is 55.5 Å². The first-order chi connectivity index (χ1) is 20.2. The predicted molar refractivity (Wildman–Crippen MR) is 161 cm³/mol. The van der Waals surface area contributed by atoms with Crippen molar-refractivity contribution < 1.29 is 22.7 Å². The molecular weight excluding hydrogens is 574 g/mol. The highest BCUT2D eigenvalue weighted by atomic mass is 32.2. The highest BCUT2D eigenvalue weighted by Gasteiger charge is 2.59. The minimum atomic E-state index is -3.74. The van der Waals surface area contributed by atoms with Crippen LogP contribution in [0.1, 0.15) is 36.2 Å². The summed E-state index contributed by atoms with van der Waals surface area (Å²) in [6.45, 7) is 7.36. The quantitative estimate of drug-likeness (QED) is 0.290. The summed E-state index contributed by atoms with van der Waals surface area (Å²) in [4.78, 5) is 28.6. The fourth-order valence-corrected chi connectivity index (χ4v) is 8.90. The van der Waals surface area contributed by atoms with Crippen LogP contribution >= 0.6 is 11.3 Å². The molecule has 3 heterocycles. The van der Waals surface area contributed by atoms with Gasteiger partial charge in [-0.15, -0.1) is 11.3 Å². The third kappa shape index (κ3) is 5.37. The van der Waals surface area contributed by atoms with Gasteiger partial charge < -0.3 is 14.4 Å². The van der Waals surface area contributed by atoms with Gasteiger partial charge in [0.05, 0.1) is 35.7 Å². The molecule has 1 N–H and O–H groups in total. The Balaban J connectivity index is 1.34. The van der Waals surface area contributed by atoms with Crippen LogP contribution in [0.5, 0.6) is 5.75 Å². The minimum Gasteiger partial charge on any atom is -0.410 e. The Hall–Kier alpha value is -3.87. The Bertz CT molecular complexity index is 1720. The van der Waals surface area contributed by atoms with Crippen molar-refractivity contribution in [3.63, 3.8) is 0 Å². The SMILES string of the molecule is Cc1nc(C)c(S(=O)(=O)C2(c3cc(N4CCOC[C@@H]4C)nc(-c4ccc(NC(=O)Oc5ccccc5)cc4)n3)CC2)s1. The summed E-state index contributed by atoms with van der Waals surface area (Å²) in [6, 6.07) is 17.8. The van der Waals surface area contributed by atoms with E-state index in [-0.39, 0.29) is 6.04 Å². The number of carbonyl (C=O) groups is 1. The highest BCUT2D eigenvalue weighted by Crippen LogP contribution is 2.56. The third-order valence-electron chi connectivity index (χ3n) is 7.51. The number of benzene rings is 2. The molecule has 2 fully saturated rings. The summed E-state index contributed by atoms with van der Waals surface area (Å²) < 4.78 is 38.2. The number of hydrogen-bond acceptors (Lipinski definition) is 10. The molecule has 1 saturated carbocycles. The zero-order valence-electron chi connectivity index (χ0n) is 23.5. The Labute approximate surface area is 248 Å². The first-order valence-electron chi connectivity index (χ1n) is 13.7. The van der Waals surface area contributed by atoms with Crippen LogP contribution in [-0.2, 0) is 19.3 Å². The molecule has 6 rings (SSSR count). The molecule has 1 amide bonds. The second-order valence-electron chi connectivity index (χ2n) is 10.6. The third-order valence-corrected chi connectivity index (χ3v) is 11.7. The Kier molecular flexibility index (Phi) is 7.46. The number of rotatable bonds is 7. The second kappa shape index (κ2) is 11.1. The maximum atomic E-state index is 14.1. The van der Waals surface area contributed by atoms with Crippen LogP contribution < -0.4 is 15.0 Å². The highest BCUT2D eigenvalue weighted by molar-refractivity contribution is 7.94. The van der Waals surface area contributed by atoms with Gasteiger partial charge in [-0.1, -0.05) is 18.2 Å². The van der Waals surface area contributed by atoms with Crippen molar-refractivity contribution in [3.8, 4) is 17.1 Å². The number of aryl methyl sites for hydroxylation is 2. The van der Waals surface area contributed by atoms with Crippen LogP contribution in [0.25, 0.3) is 11.4 Å². The molecule has 0 spiro atoms. The lowest BCUT2D eigenvalue weighted by Gasteiger charge is -2.34. The minimum absolute atomic E-state index is 0.0645. The van der Waals surface area contributed by atoms with E-state index in [4.69, 9.17) is 19.4 Å². The number of para-hydroxylation sites is 1. The summed E-state index contributed by atoms with van der Waals surface area (Å²) >= 11 is 1.21. The number of thiazole rings is 1. The number of nitrogens with one attached hydrogen (secondary N) is 1. The van der Waals surface area contributed by atoms with Crippen molar-refractivity contribution in [2.24, 2.45) is 0 Å². The predicted octanol–water partition coefficient (Wildman–Crippen LogP) is 5.52. The molecule has 1 saturated heterocycles. The van der Waals surface area contributed by atoms with Gasteiger partial charge in [-0.25, -0.2) is 28.2 Å². The van der Waals surface area contributed by atoms with Crippen molar-refractivity contribution in [2.45, 2.75) is 48.6 Å². The van der Waals surface area contributed by atoms with E-state index in [1.165, 1.54) is 11.3 Å². The van der Waals surface area contributed by atoms with Crippen molar-refractivity contribution in [1.82, 2.24) is 15.0 Å². The number of morpholine rings is 1. The number of ether oxygens (including phenoxy) is 2. The maximum Gasteiger partial charge on any atom is 0.417 e. The fourth-order valence-electron chi connectivity index (χ4n) is 5.17. The molecule has 1 aliphatic heterocycles. The summed E-state index contributed by atoms with van der Waals surface area (Å²) in [5.74, 6) is 1.52. The molecule has 2 aromatic carbocycles. The molecular formula is C30H31N5O5S2. The van der Waals surface area contributed by atoms with Gasteiger partial charge in [-0.05, 0) is 70.0 Å². The topological polar surface area (TPSA) is 124 Å². The van der Waals surface area contributed by atoms with Gasteiger partial charge in [0, 0.05) is 23.9 Å². The van der Waals surface area contributed by atoms with Gasteiger partial charge >= 0.3 is 6.09 Å². The van der Waals surface area contributed by atoms with E-state index < -0.39 is 20.7 Å². The van der Waals surface area contributed by atoms with E-state index in [1.807, 2.05) is 19.1 Å². The van der Waals surface area contributed by atoms with Gasteiger partial charge in [0.2, 0.25) is 9.84 Å². The van der Waals surface area contributed by atoms with Gasteiger partial charge in [0.1, 0.15) is 20.5 Å². The molecule has 1 atom stereocenters. The second-order valence-corrected chi connectivity index (χ2v) is 14.2. The molecule has 2 aliphatic rings. The first kappa shape index (κ1) is 28.3. The summed E-state index contributed by atoms with van der Waals surface area (Å²) in [5, 5.41) is 3.44. The number of amides is 1. The van der Waals surface area contributed by atoms with Crippen LogP contribution in [0.3, 0.4) is 0 Å². The molecule has 218 valence electrons. The van der Waals surface area contributed by atoms with Gasteiger partial charge in [-0.3, -0.25) is 5.32 Å². The van der Waals surface area contributed by atoms with Gasteiger partial charge in [-0.2, -0.15) is 0 Å². The summed E-state index contributed by atoms with van der Waals surface area (Å²) in [6.07, 6.45) is 0.351. The van der Waals surface area contributed by atoms with E-state index in [9.17, 15) is 13.2 Å². The molecule has 0 radical (unpaired) electrons. The number of anilines is 2. The Morgan fingerprint density at radius 1 is 1.07 bits per heavy atom. The van der Waals surface area contributed by atoms with Crippen molar-refractivity contribution in [3.05, 3.63) is 77.1 Å². The number of nitrogens with zero attached hydrogens (tertiary/aromatic N) is 4. The van der Waals surface area contributed by atoms with E-state index in [0.29, 0.717) is 76.8 Å². The Morgan fingerprint density at radius 3 is 2.45 bits per heavy atom. The number of aromatic nitrogens is 3. The number of hydrogen-bond donors (Lipinski definition) is 1. The fraction of sp³-hybridized carbons (Fsp3) is 0.333. The lowest BCUT2D eigenvalue weighted by atomic mass is 10.1. The number of sulfone groups is 1. The lowest BCUT2D eigenvalue weighted by molar-refractivity contribution is 0.0985. The molecule has 0 unspecified atom stereocenters. The van der Waals surface area contributed by atoms with E-state index in [0.717, 1.165) is 5.01 Å². The summed E-state index contributed by atoms with van der Waals surface area (Å²) in [5.41, 5.74) is 2.24. The molecule has 42 heavy (non-hydrogen) atoms. The van der Waals surface area contributed by atoms with Gasteiger partial charge in [0.25, 0.3) is 0 Å². The van der Waals surface area contributed by atoms with Crippen LogP contribution in [-0.4, -0.2) is 55.3 Å². The normalized spacial score (nSPS) is 18.0. The molecule has 2 aromatic heterocycles. The average molecular weight is 606 g/mol. The van der Waals surface area contributed by atoms with Crippen LogP contribution in [0.2, 0.25) is 0 Å². The van der Waals surface area contributed by atoms with E-state index in [2.05, 4.69) is 22.1 Å². The van der Waals surface area contributed by atoms with Crippen LogP contribution in [0.4, 0.5) is 16.3 Å². The standard InChI is InChI=1S/C30H31N5O5S2/c1-19-18-39-16-15-35(19)26-17-25(30(13-14-30)42(37,38)28-20(2)31-21(3)41-28)33-27(34-26)22-9-11-23(12-10-22)32-29(36)40-24-7-5-4-6-8-24/h4-12,17,19H,13-16,18H2,1-3H3,(H,32,36)/t19-/m0/s1. The van der Waals surface area contributed by atoms with E-state index >= 15 is 0 Å². The van der Waals surface area contributed by atoms with Crippen LogP contribution in [0, 0.1) is 13.8 Å². The van der Waals surface area contributed by atoms with Gasteiger partial charge in [0.15, 0.2) is 5.82 Å². The molecule has 0 bridgehead atoms. The molecule has 10 nitrogen and oxygen atoms in total. The maximum absolute atomic E-state index is 14.1. The van der Waals surface area contributed by atoms with Crippen LogP contribution in [0.15, 0.2) is 64.9 Å². The Morgan fingerprint density at radius 2 is 1.81 bits per heavy atom. The zero-order valence-corrected chi connectivity index (χ0v) is 25.2. The number of carbonyl (C=O) groups excluding carboxylic acids is 1. The van der Waals surface area contributed by atoms with Crippen molar-refractivity contribution in [1.29, 1.82) is 0 Å². The molecule has 1 aliphatic carbocycles. The molecule has 12 heteroatoms. The average Bonchev–Trinajstić information content (AvgIpc) is 3.73. The monoisotopic (exact) mass is 605 g/mol. The lowest BCUT2D eigenvalue weighted by Crippen LogP contribution is -2.44.